The van der Waals surface area contributed by atoms with Gasteiger partial charge in [0.15, 0.2) is 0 Å². The van der Waals surface area contributed by atoms with Gasteiger partial charge in [0.25, 0.3) is 0 Å². The highest BCUT2D eigenvalue weighted by Gasteiger charge is 3.18. The summed E-state index contributed by atoms with van der Waals surface area (Å²) >= 11 is 0. The minimum absolute atomic E-state index is 4.69. The Morgan fingerprint density at radius 2 is 0.469 bits per heavy atom. The Kier molecular flexibility index (Phi) is 5.33. The standard InChI is InChI=1S/C12H4F12O8/c13-9(14,15)5(1(25)26)6(2(27)28,10(16,17)18)8(4(31)32,12(22,23)24)7(5,3(29)30)11(19,20)21/h(H,25,26)(H,27,28)(H,29,30)(H,31,32). The number of alkyl halides is 12. The summed E-state index contributed by atoms with van der Waals surface area (Å²) in [5.74, 6) is -18.8. The SMILES string of the molecule is O=C(O)C1(C(F)(F)F)C(C(=O)O)(C(F)(F)F)C(C(=O)O)(C(F)(F)F)C1(C(=O)O)C(F)(F)F. The molecule has 0 aliphatic heterocycles. The van der Waals surface area contributed by atoms with E-state index in [0.717, 1.165) is 0 Å². The van der Waals surface area contributed by atoms with Crippen LogP contribution in [0, 0.1) is 21.7 Å². The van der Waals surface area contributed by atoms with Gasteiger partial charge in [0, 0.05) is 0 Å². The lowest BCUT2D eigenvalue weighted by molar-refractivity contribution is -0.527. The van der Waals surface area contributed by atoms with Crippen LogP contribution in [-0.4, -0.2) is 69.0 Å². The van der Waals surface area contributed by atoms with Gasteiger partial charge < -0.3 is 20.4 Å². The maximum absolute atomic E-state index is 13.7. The van der Waals surface area contributed by atoms with E-state index in [1.54, 1.807) is 0 Å². The average molecular weight is 504 g/mol. The number of carbonyl (C=O) groups is 4. The quantitative estimate of drug-likeness (QED) is 0.427. The molecule has 0 atom stereocenters. The second kappa shape index (κ2) is 6.30. The van der Waals surface area contributed by atoms with E-state index >= 15 is 0 Å². The molecule has 1 aliphatic rings. The molecule has 1 rings (SSSR count). The molecule has 0 aromatic rings. The lowest BCUT2D eigenvalue weighted by Gasteiger charge is -2.72. The van der Waals surface area contributed by atoms with Gasteiger partial charge in [-0.1, -0.05) is 0 Å². The molecule has 4 N–H and O–H groups in total. The third-order valence-corrected chi connectivity index (χ3v) is 5.23. The van der Waals surface area contributed by atoms with Crippen LogP contribution in [0.5, 0.6) is 0 Å². The summed E-state index contributed by atoms with van der Waals surface area (Å²) in [5, 5.41) is 35.2. The first-order chi connectivity index (χ1) is 13.8. The van der Waals surface area contributed by atoms with Crippen LogP contribution in [0.3, 0.4) is 0 Å². The number of hydrogen-bond acceptors (Lipinski definition) is 4. The van der Waals surface area contributed by atoms with Crippen molar-refractivity contribution in [2.75, 3.05) is 0 Å². The van der Waals surface area contributed by atoms with E-state index in [1.165, 1.54) is 0 Å². The molecule has 0 aromatic heterocycles. The third kappa shape index (κ3) is 2.12. The summed E-state index contributed by atoms with van der Waals surface area (Å²) in [5.41, 5.74) is -29.9. The molecule has 20 heteroatoms. The van der Waals surface area contributed by atoms with Crippen molar-refractivity contribution in [3.63, 3.8) is 0 Å². The van der Waals surface area contributed by atoms with Gasteiger partial charge in [-0.3, -0.25) is 19.2 Å². The number of halogens is 12. The molecule has 0 bridgehead atoms. The van der Waals surface area contributed by atoms with Crippen LogP contribution < -0.4 is 0 Å². The van der Waals surface area contributed by atoms with Crippen LogP contribution in [0.1, 0.15) is 0 Å². The van der Waals surface area contributed by atoms with E-state index < -0.39 is 70.2 Å². The maximum atomic E-state index is 13.7. The normalized spacial score (nSPS) is 33.9. The average Bonchev–Trinajstić information content (AvgIpc) is 2.38. The van der Waals surface area contributed by atoms with Crippen LogP contribution in [0.4, 0.5) is 52.7 Å². The van der Waals surface area contributed by atoms with Crippen LogP contribution >= 0.6 is 0 Å². The Morgan fingerprint density at radius 3 is 0.500 bits per heavy atom. The fraction of sp³-hybridized carbons (Fsp3) is 0.667. The largest absolute Gasteiger partial charge is 0.481 e. The van der Waals surface area contributed by atoms with Crippen molar-refractivity contribution in [1.29, 1.82) is 0 Å². The maximum Gasteiger partial charge on any atom is 0.408 e. The molecular formula is C12H4F12O8. The predicted octanol–water partition coefficient (Wildman–Crippen LogP) is 2.53. The second-order valence-electron chi connectivity index (χ2n) is 6.21. The molecule has 0 aromatic carbocycles. The van der Waals surface area contributed by atoms with Gasteiger partial charge in [-0.2, -0.15) is 52.7 Å². The third-order valence-electron chi connectivity index (χ3n) is 5.23. The smallest absolute Gasteiger partial charge is 0.408 e. The van der Waals surface area contributed by atoms with Gasteiger partial charge in [-0.15, -0.1) is 0 Å². The number of hydrogen-bond donors (Lipinski definition) is 4. The second-order valence-corrected chi connectivity index (χ2v) is 6.21. The first-order valence-electron chi connectivity index (χ1n) is 6.98. The number of aliphatic carboxylic acids is 4. The zero-order chi connectivity index (χ0) is 26.3. The summed E-state index contributed by atoms with van der Waals surface area (Å²) in [6.07, 6.45) is -31.6. The highest BCUT2D eigenvalue weighted by Crippen LogP contribution is 2.91. The van der Waals surface area contributed by atoms with E-state index in [-0.39, 0.29) is 0 Å². The molecule has 32 heavy (non-hydrogen) atoms. The lowest BCUT2D eigenvalue weighted by Crippen LogP contribution is -2.99. The van der Waals surface area contributed by atoms with Gasteiger partial charge >= 0.3 is 48.6 Å². The summed E-state index contributed by atoms with van der Waals surface area (Å²) in [6.45, 7) is 0. The van der Waals surface area contributed by atoms with Crippen molar-refractivity contribution >= 4 is 23.9 Å². The zero-order valence-corrected chi connectivity index (χ0v) is 14.0. The Balaban J connectivity index is 5.02. The summed E-state index contributed by atoms with van der Waals surface area (Å²) in [6, 6.07) is 0. The Labute approximate surface area is 164 Å². The number of carboxylic acid groups (broad SMARTS) is 4. The monoisotopic (exact) mass is 504 g/mol. The van der Waals surface area contributed by atoms with Crippen LogP contribution in [-0.2, 0) is 19.2 Å². The molecule has 0 heterocycles. The first kappa shape index (κ1) is 27.1. The molecule has 1 fully saturated rings. The van der Waals surface area contributed by atoms with Crippen molar-refractivity contribution in [1.82, 2.24) is 0 Å². The van der Waals surface area contributed by atoms with Gasteiger partial charge in [-0.05, 0) is 0 Å². The fourth-order valence-electron chi connectivity index (χ4n) is 4.53. The minimum atomic E-state index is -7.90. The van der Waals surface area contributed by atoms with Gasteiger partial charge in [-0.25, -0.2) is 0 Å². The highest BCUT2D eigenvalue weighted by molar-refractivity contribution is 6.08. The van der Waals surface area contributed by atoms with Crippen molar-refractivity contribution in [3.8, 4) is 0 Å². The predicted molar refractivity (Wildman–Crippen MR) is 64.5 cm³/mol. The van der Waals surface area contributed by atoms with Crippen LogP contribution in [0.2, 0.25) is 0 Å². The molecule has 0 amide bonds. The molecule has 8 nitrogen and oxygen atoms in total. The lowest BCUT2D eigenvalue weighted by atomic mass is 9.22. The molecule has 0 spiro atoms. The topological polar surface area (TPSA) is 149 Å². The van der Waals surface area contributed by atoms with Crippen molar-refractivity contribution in [2.45, 2.75) is 24.7 Å². The molecule has 1 aliphatic carbocycles. The summed E-state index contributed by atoms with van der Waals surface area (Å²) in [4.78, 5) is 45.3. The van der Waals surface area contributed by atoms with Gasteiger partial charge in [0.05, 0.1) is 0 Å². The Hall–Kier alpha value is -2.96. The molecule has 184 valence electrons. The fourth-order valence-corrected chi connectivity index (χ4v) is 4.53. The van der Waals surface area contributed by atoms with E-state index in [0.29, 0.717) is 0 Å². The van der Waals surface area contributed by atoms with Crippen LogP contribution in [0.15, 0.2) is 0 Å². The summed E-state index contributed by atoms with van der Waals surface area (Å²) < 4.78 is 164. The van der Waals surface area contributed by atoms with E-state index in [1.807, 2.05) is 0 Å². The van der Waals surface area contributed by atoms with Crippen LogP contribution in [0.25, 0.3) is 0 Å². The van der Waals surface area contributed by atoms with Gasteiger partial charge in [0.2, 0.25) is 21.7 Å². The molecule has 0 radical (unpaired) electrons. The Morgan fingerprint density at radius 1 is 0.375 bits per heavy atom. The van der Waals surface area contributed by atoms with Crippen molar-refractivity contribution in [3.05, 3.63) is 0 Å². The molecule has 1 saturated carbocycles. The van der Waals surface area contributed by atoms with E-state index in [2.05, 4.69) is 0 Å². The summed E-state index contributed by atoms with van der Waals surface area (Å²) in [7, 11) is 0. The van der Waals surface area contributed by atoms with E-state index in [4.69, 9.17) is 20.4 Å². The molecule has 0 unspecified atom stereocenters. The highest BCUT2D eigenvalue weighted by atomic mass is 19.4. The number of carboxylic acids is 4. The molecule has 0 saturated heterocycles. The minimum Gasteiger partial charge on any atom is -0.481 e. The molecular weight excluding hydrogens is 500 g/mol. The van der Waals surface area contributed by atoms with E-state index in [9.17, 15) is 71.9 Å². The van der Waals surface area contributed by atoms with Crippen molar-refractivity contribution in [2.24, 2.45) is 21.7 Å². The number of rotatable bonds is 4. The Bertz CT molecular complexity index is 724. The van der Waals surface area contributed by atoms with Crippen molar-refractivity contribution < 1.29 is 92.3 Å². The first-order valence-corrected chi connectivity index (χ1v) is 6.98. The zero-order valence-electron chi connectivity index (χ0n) is 14.0. The van der Waals surface area contributed by atoms with Gasteiger partial charge in [0.1, 0.15) is 0 Å².